The van der Waals surface area contributed by atoms with Crippen LogP contribution in [0.4, 0.5) is 0 Å². The third-order valence-electron chi connectivity index (χ3n) is 0.0745. The molecular weight excluding hydrogens is 115 g/mol. The zero-order valence-electron chi connectivity index (χ0n) is 3.17. The summed E-state index contributed by atoms with van der Waals surface area (Å²) in [7, 11) is -3.32. The summed E-state index contributed by atoms with van der Waals surface area (Å²) in [5, 5.41) is 7.06. The van der Waals surface area contributed by atoms with Crippen LogP contribution >= 0.6 is 0 Å². The van der Waals surface area contributed by atoms with Crippen molar-refractivity contribution in [3.05, 3.63) is 0 Å². The van der Waals surface area contributed by atoms with Gasteiger partial charge in [-0.2, -0.15) is 0 Å². The van der Waals surface area contributed by atoms with Crippen LogP contribution in [0.25, 0.3) is 0 Å². The van der Waals surface area contributed by atoms with Crippen LogP contribution in [0.15, 0.2) is 0 Å². The molecule has 6 heteroatoms. The van der Waals surface area contributed by atoms with Crippen molar-refractivity contribution in [1.29, 1.82) is 0 Å². The first-order valence-corrected chi connectivity index (χ1v) is 2.02. The van der Waals surface area contributed by atoms with Crippen molar-refractivity contribution in [3.8, 4) is 0 Å². The zero-order chi connectivity index (χ0) is 4.28. The van der Waals surface area contributed by atoms with Crippen molar-refractivity contribution in [1.82, 2.24) is 0 Å². The summed E-state index contributed by atoms with van der Waals surface area (Å²) < 4.78 is 11.7. The minimum absolute atomic E-state index is 0. The van der Waals surface area contributed by atoms with Crippen molar-refractivity contribution in [3.63, 3.8) is 0 Å². The van der Waals surface area contributed by atoms with E-state index in [1.54, 1.807) is 0 Å². The molecule has 0 spiro atoms. The van der Waals surface area contributed by atoms with E-state index in [0.717, 1.165) is 0 Å². The molecule has 0 saturated carbocycles. The average Bonchev–Trinajstić information content (AvgIpc) is 1.38. The molecule has 0 aliphatic carbocycles. The summed E-state index contributed by atoms with van der Waals surface area (Å²) in [5.74, 6) is 0. The molecule has 0 atom stereocenters. The van der Waals surface area contributed by atoms with Gasteiger partial charge in [0, 0.05) is 0 Å². The molecule has 4 nitrogen and oxygen atoms in total. The summed E-state index contributed by atoms with van der Waals surface area (Å²) in [4.78, 5) is 8.97. The van der Waals surface area contributed by atoms with Gasteiger partial charge < -0.3 is 13.8 Å². The second-order valence-corrected chi connectivity index (χ2v) is 1.02. The van der Waals surface area contributed by atoms with E-state index in [2.05, 4.69) is 4.58 Å². The molecule has 0 radical (unpaired) electrons. The second-order valence-electron chi connectivity index (χ2n) is 0.341. The maximum atomic E-state index is 8.97. The molecule has 0 aromatic heterocycles. The van der Waals surface area contributed by atoms with E-state index in [0.29, 0.717) is 0 Å². The number of rotatable bonds is 1. The molecule has 6 heavy (non-hydrogen) atoms. The van der Waals surface area contributed by atoms with Gasteiger partial charge in [-0.15, -0.1) is 0 Å². The molecule has 0 fully saturated rings. The molecule has 30 valence electrons. The predicted octanol–water partition coefficient (Wildman–Crippen LogP) is -4.74. The summed E-state index contributed by atoms with van der Waals surface area (Å²) >= 11 is 0. The molecule has 1 N–H and O–H groups in total. The first-order chi connectivity index (χ1) is 2.27. The fourth-order valence-corrected chi connectivity index (χ4v) is 0. The zero-order valence-corrected chi connectivity index (χ0v) is 6.17. The standard InChI is InChI=1S/Na.HO4Si/c;1-4-5(2)3/h;1H/q+1;-1. The first kappa shape index (κ1) is 9.76. The van der Waals surface area contributed by atoms with E-state index < -0.39 is 9.17 Å². The van der Waals surface area contributed by atoms with Gasteiger partial charge in [0.2, 0.25) is 0 Å². The first-order valence-electron chi connectivity index (χ1n) is 0.795. The van der Waals surface area contributed by atoms with Crippen molar-refractivity contribution in [2.75, 3.05) is 0 Å². The van der Waals surface area contributed by atoms with Crippen molar-refractivity contribution < 1.29 is 48.6 Å². The van der Waals surface area contributed by atoms with Crippen LogP contribution in [0, 0.1) is 0 Å². The van der Waals surface area contributed by atoms with Crippen LogP contribution in [0.1, 0.15) is 0 Å². The molecule has 0 aliphatic heterocycles. The van der Waals surface area contributed by atoms with Crippen molar-refractivity contribution in [2.45, 2.75) is 0 Å². The summed E-state index contributed by atoms with van der Waals surface area (Å²) in [5.41, 5.74) is 0. The predicted molar refractivity (Wildman–Crippen MR) is 10.2 cm³/mol. The normalized spacial score (nSPS) is 5.50. The smallest absolute Gasteiger partial charge is 0.478 e. The molecular formula is HNaO4Si. The Bertz CT molecular complexity index is 42.8. The molecule has 0 aromatic rings. The molecule has 0 aromatic carbocycles. The van der Waals surface area contributed by atoms with E-state index in [1.165, 1.54) is 0 Å². The van der Waals surface area contributed by atoms with Crippen molar-refractivity contribution >= 4 is 9.17 Å². The van der Waals surface area contributed by atoms with Crippen LogP contribution in [-0.2, 0) is 9.04 Å². The molecule has 0 saturated heterocycles. The Hall–Kier alpha value is 0.577. The van der Waals surface area contributed by atoms with Crippen molar-refractivity contribution in [2.24, 2.45) is 0 Å². The molecule has 0 bridgehead atoms. The van der Waals surface area contributed by atoms with Gasteiger partial charge in [0.15, 0.2) is 0 Å². The third-order valence-corrected chi connectivity index (χ3v) is 0.224. The van der Waals surface area contributed by atoms with Gasteiger partial charge in [-0.1, -0.05) is 0 Å². The Labute approximate surface area is 57.9 Å². The van der Waals surface area contributed by atoms with Gasteiger partial charge in [0.1, 0.15) is 0 Å². The number of hydrogen-bond donors (Lipinski definition) is 1. The van der Waals surface area contributed by atoms with Gasteiger partial charge in [0.25, 0.3) is 0 Å². The van der Waals surface area contributed by atoms with Crippen LogP contribution in [-0.4, -0.2) is 14.4 Å². The van der Waals surface area contributed by atoms with E-state index in [1.807, 2.05) is 0 Å². The van der Waals surface area contributed by atoms with Crippen LogP contribution < -0.4 is 34.4 Å². The van der Waals surface area contributed by atoms with Gasteiger partial charge >= 0.3 is 38.7 Å². The van der Waals surface area contributed by atoms with E-state index in [9.17, 15) is 0 Å². The van der Waals surface area contributed by atoms with Gasteiger partial charge in [-0.05, 0) is 0 Å². The summed E-state index contributed by atoms with van der Waals surface area (Å²) in [6.45, 7) is 0. The quantitative estimate of drug-likeness (QED) is 0.212. The van der Waals surface area contributed by atoms with Gasteiger partial charge in [0.05, 0.1) is 0 Å². The Balaban J connectivity index is 0. The Morgan fingerprint density at radius 1 is 1.83 bits per heavy atom. The van der Waals surface area contributed by atoms with E-state index >= 15 is 0 Å². The minimum Gasteiger partial charge on any atom is -0.478 e. The van der Waals surface area contributed by atoms with E-state index in [4.69, 9.17) is 14.5 Å². The topological polar surface area (TPSA) is 69.6 Å². The minimum atomic E-state index is -3.32. The average molecular weight is 116 g/mol. The molecule has 0 rings (SSSR count). The fourth-order valence-electron chi connectivity index (χ4n) is 0. The Morgan fingerprint density at radius 3 is 2.00 bits per heavy atom. The Kier molecular flexibility index (Phi) is 9.08. The fraction of sp³-hybridized carbons (Fsp3) is 0. The van der Waals surface area contributed by atoms with Crippen LogP contribution in [0.3, 0.4) is 0 Å². The molecule has 0 heterocycles. The van der Waals surface area contributed by atoms with Gasteiger partial charge in [-0.3, -0.25) is 5.26 Å². The van der Waals surface area contributed by atoms with E-state index in [-0.39, 0.29) is 29.6 Å². The molecule has 0 aliphatic rings. The van der Waals surface area contributed by atoms with Crippen LogP contribution in [0.5, 0.6) is 0 Å². The third kappa shape index (κ3) is 8.82. The summed E-state index contributed by atoms with van der Waals surface area (Å²) in [6, 6.07) is 0. The maximum Gasteiger partial charge on any atom is 1.00 e. The summed E-state index contributed by atoms with van der Waals surface area (Å²) in [6.07, 6.45) is 0. The monoisotopic (exact) mass is 116 g/mol. The number of hydrogen-bond acceptors (Lipinski definition) is 4. The maximum absolute atomic E-state index is 8.97. The SMILES string of the molecule is O=[Si]([O-])OO.[Na+]. The second kappa shape index (κ2) is 5.58. The Morgan fingerprint density at radius 2 is 2.00 bits per heavy atom. The molecule has 0 amide bonds. The van der Waals surface area contributed by atoms with Gasteiger partial charge in [-0.25, -0.2) is 0 Å². The largest absolute Gasteiger partial charge is 1.00 e. The van der Waals surface area contributed by atoms with Crippen LogP contribution in [0.2, 0.25) is 0 Å². The molecule has 0 unspecified atom stereocenters.